The van der Waals surface area contributed by atoms with E-state index in [0.29, 0.717) is 12.2 Å². The Hall–Kier alpha value is -2.93. The van der Waals surface area contributed by atoms with Crippen molar-refractivity contribution in [3.05, 3.63) is 70.3 Å². The lowest BCUT2D eigenvalue weighted by Gasteiger charge is -2.16. The highest BCUT2D eigenvalue weighted by Gasteiger charge is 2.09. The summed E-state index contributed by atoms with van der Waals surface area (Å²) in [6.45, 7) is 1.78. The van der Waals surface area contributed by atoms with Crippen molar-refractivity contribution < 1.29 is 14.5 Å². The van der Waals surface area contributed by atoms with Gasteiger partial charge in [0.2, 0.25) is 0 Å². The Morgan fingerprint density at radius 3 is 2.65 bits per heavy atom. The molecule has 7 nitrogen and oxygen atoms in total. The Morgan fingerprint density at radius 1 is 1.15 bits per heavy atom. The summed E-state index contributed by atoms with van der Waals surface area (Å²) in [7, 11) is 1.98. The molecule has 138 valence electrons. The van der Waals surface area contributed by atoms with Gasteiger partial charge in [-0.15, -0.1) is 0 Å². The summed E-state index contributed by atoms with van der Waals surface area (Å²) in [5, 5.41) is 13.2. The van der Waals surface area contributed by atoms with Gasteiger partial charge in [0.15, 0.2) is 0 Å². The number of nitro benzene ring substituents is 1. The molecule has 0 aliphatic rings. The van der Waals surface area contributed by atoms with Gasteiger partial charge in [0.05, 0.1) is 10.6 Å². The van der Waals surface area contributed by atoms with E-state index in [1.165, 1.54) is 23.8 Å². The molecule has 2 rings (SSSR count). The number of aryl methyl sites for hydroxylation is 1. The summed E-state index contributed by atoms with van der Waals surface area (Å²) in [6.07, 6.45) is 1.42. The van der Waals surface area contributed by atoms with Gasteiger partial charge in [-0.05, 0) is 38.1 Å². The van der Waals surface area contributed by atoms with Gasteiger partial charge in [0.1, 0.15) is 6.61 Å². The first kappa shape index (κ1) is 19.4. The number of carbonyl (C=O) groups is 1. The molecule has 0 aliphatic heterocycles. The van der Waals surface area contributed by atoms with Crippen LogP contribution in [0, 0.1) is 10.1 Å². The molecule has 7 heteroatoms. The number of nitrogens with one attached hydrogen (secondary N) is 1. The Labute approximate surface area is 152 Å². The van der Waals surface area contributed by atoms with Gasteiger partial charge in [-0.3, -0.25) is 15.4 Å². The predicted octanol–water partition coefficient (Wildman–Crippen LogP) is 3.71. The minimum atomic E-state index is -0.622. The van der Waals surface area contributed by atoms with E-state index in [9.17, 15) is 14.9 Å². The number of likely N-dealkylation sites (N-methyl/N-ethyl adjacent to an activating group) is 1. The summed E-state index contributed by atoms with van der Waals surface area (Å²) in [5.74, 6) is 0. The first-order valence-corrected chi connectivity index (χ1v) is 8.45. The van der Waals surface area contributed by atoms with Gasteiger partial charge in [-0.25, -0.2) is 4.79 Å². The van der Waals surface area contributed by atoms with Crippen LogP contribution in [0.4, 0.5) is 16.2 Å². The standard InChI is InChI=1S/C19H23N3O4/c1-21(12-6-9-16-7-3-2-4-8-16)13-14-26-19(23)20-17-10-5-11-18(15-17)22(24)25/h2-5,7-8,10-11,15H,6,9,12-14H2,1H3,(H,20,23). The molecule has 0 bridgehead atoms. The highest BCUT2D eigenvalue weighted by molar-refractivity contribution is 5.85. The second kappa shape index (κ2) is 10.1. The maximum atomic E-state index is 11.8. The Kier molecular flexibility index (Phi) is 7.57. The maximum Gasteiger partial charge on any atom is 0.411 e. The lowest BCUT2D eigenvalue weighted by atomic mass is 10.1. The highest BCUT2D eigenvalue weighted by atomic mass is 16.6. The quantitative estimate of drug-likeness (QED) is 0.546. The van der Waals surface area contributed by atoms with Crippen molar-refractivity contribution >= 4 is 17.5 Å². The number of rotatable bonds is 9. The average molecular weight is 357 g/mol. The van der Waals surface area contributed by atoms with E-state index < -0.39 is 11.0 Å². The summed E-state index contributed by atoms with van der Waals surface area (Å²) in [4.78, 5) is 24.1. The molecule has 0 fully saturated rings. The van der Waals surface area contributed by atoms with Crippen molar-refractivity contribution in [3.8, 4) is 0 Å². The zero-order valence-corrected chi connectivity index (χ0v) is 14.8. The van der Waals surface area contributed by atoms with E-state index in [1.54, 1.807) is 6.07 Å². The number of hydrogen-bond donors (Lipinski definition) is 1. The van der Waals surface area contributed by atoms with E-state index in [4.69, 9.17) is 4.74 Å². The van der Waals surface area contributed by atoms with Crippen molar-refractivity contribution in [3.63, 3.8) is 0 Å². The van der Waals surface area contributed by atoms with Gasteiger partial charge in [0, 0.05) is 18.7 Å². The molecular weight excluding hydrogens is 334 g/mol. The Morgan fingerprint density at radius 2 is 1.92 bits per heavy atom. The van der Waals surface area contributed by atoms with Crippen LogP contribution in [0.3, 0.4) is 0 Å². The summed E-state index contributed by atoms with van der Waals surface area (Å²) in [6, 6.07) is 16.0. The molecule has 0 spiro atoms. The van der Waals surface area contributed by atoms with E-state index in [1.807, 2.05) is 25.2 Å². The van der Waals surface area contributed by atoms with Gasteiger partial charge in [0.25, 0.3) is 5.69 Å². The molecular formula is C19H23N3O4. The van der Waals surface area contributed by atoms with Crippen LogP contribution in [-0.4, -0.2) is 42.7 Å². The van der Waals surface area contributed by atoms with Crippen molar-refractivity contribution in [2.75, 3.05) is 32.1 Å². The van der Waals surface area contributed by atoms with Gasteiger partial charge < -0.3 is 9.64 Å². The number of benzene rings is 2. The molecule has 0 unspecified atom stereocenters. The van der Waals surface area contributed by atoms with Crippen LogP contribution >= 0.6 is 0 Å². The molecule has 0 atom stereocenters. The van der Waals surface area contributed by atoms with Crippen molar-refractivity contribution in [1.29, 1.82) is 0 Å². The summed E-state index contributed by atoms with van der Waals surface area (Å²) >= 11 is 0. The topological polar surface area (TPSA) is 84.7 Å². The molecule has 1 N–H and O–H groups in total. The van der Waals surface area contributed by atoms with E-state index >= 15 is 0 Å². The minimum Gasteiger partial charge on any atom is -0.448 e. The third kappa shape index (κ3) is 6.90. The smallest absolute Gasteiger partial charge is 0.411 e. The SMILES string of the molecule is CN(CCCc1ccccc1)CCOC(=O)Nc1cccc([N+](=O)[O-])c1. The van der Waals surface area contributed by atoms with Crippen LogP contribution in [-0.2, 0) is 11.2 Å². The molecule has 26 heavy (non-hydrogen) atoms. The largest absolute Gasteiger partial charge is 0.448 e. The molecule has 0 saturated heterocycles. The molecule has 1 amide bonds. The number of nitro groups is 1. The Bertz CT molecular complexity index is 722. The van der Waals surface area contributed by atoms with Crippen molar-refractivity contribution in [2.45, 2.75) is 12.8 Å². The average Bonchev–Trinajstić information content (AvgIpc) is 2.63. The maximum absolute atomic E-state index is 11.8. The first-order chi connectivity index (χ1) is 12.5. The molecule has 2 aromatic rings. The van der Waals surface area contributed by atoms with Crippen LogP contribution in [0.2, 0.25) is 0 Å². The monoisotopic (exact) mass is 357 g/mol. The van der Waals surface area contributed by atoms with Gasteiger partial charge in [-0.1, -0.05) is 36.4 Å². The number of nitrogens with zero attached hydrogens (tertiary/aromatic N) is 2. The van der Waals surface area contributed by atoms with Crippen LogP contribution in [0.15, 0.2) is 54.6 Å². The number of ether oxygens (including phenoxy) is 1. The predicted molar refractivity (Wildman–Crippen MR) is 100 cm³/mol. The molecule has 2 aromatic carbocycles. The molecule has 0 saturated carbocycles. The van der Waals surface area contributed by atoms with Gasteiger partial charge in [-0.2, -0.15) is 0 Å². The number of carbonyl (C=O) groups excluding carboxylic acids is 1. The molecule has 0 heterocycles. The normalized spacial score (nSPS) is 10.5. The fourth-order valence-electron chi connectivity index (χ4n) is 2.45. The van der Waals surface area contributed by atoms with Crippen LogP contribution in [0.5, 0.6) is 0 Å². The zero-order chi connectivity index (χ0) is 18.8. The first-order valence-electron chi connectivity index (χ1n) is 8.45. The summed E-state index contributed by atoms with van der Waals surface area (Å²) < 4.78 is 5.12. The third-order valence-electron chi connectivity index (χ3n) is 3.86. The van der Waals surface area contributed by atoms with Crippen molar-refractivity contribution in [2.24, 2.45) is 0 Å². The Balaban J connectivity index is 1.63. The zero-order valence-electron chi connectivity index (χ0n) is 14.8. The van der Waals surface area contributed by atoms with Crippen LogP contribution in [0.25, 0.3) is 0 Å². The van der Waals surface area contributed by atoms with Crippen LogP contribution < -0.4 is 5.32 Å². The van der Waals surface area contributed by atoms with E-state index in [-0.39, 0.29) is 12.3 Å². The number of non-ortho nitro benzene ring substituents is 1. The second-order valence-electron chi connectivity index (χ2n) is 5.96. The second-order valence-corrected chi connectivity index (χ2v) is 5.96. The van der Waals surface area contributed by atoms with Crippen molar-refractivity contribution in [1.82, 2.24) is 4.90 Å². The summed E-state index contributed by atoms with van der Waals surface area (Å²) in [5.41, 5.74) is 1.56. The lowest BCUT2D eigenvalue weighted by Crippen LogP contribution is -2.26. The molecule has 0 aromatic heterocycles. The number of hydrogen-bond acceptors (Lipinski definition) is 5. The lowest BCUT2D eigenvalue weighted by molar-refractivity contribution is -0.384. The third-order valence-corrected chi connectivity index (χ3v) is 3.86. The van der Waals surface area contributed by atoms with E-state index in [0.717, 1.165) is 19.4 Å². The number of anilines is 1. The molecule has 0 aliphatic carbocycles. The minimum absolute atomic E-state index is 0.0825. The van der Waals surface area contributed by atoms with Crippen LogP contribution in [0.1, 0.15) is 12.0 Å². The number of amides is 1. The van der Waals surface area contributed by atoms with Gasteiger partial charge >= 0.3 is 6.09 Å². The molecule has 0 radical (unpaired) electrons. The fraction of sp³-hybridized carbons (Fsp3) is 0.316. The van der Waals surface area contributed by atoms with E-state index in [2.05, 4.69) is 22.3 Å². The highest BCUT2D eigenvalue weighted by Crippen LogP contribution is 2.17. The fourth-order valence-corrected chi connectivity index (χ4v) is 2.45.